The van der Waals surface area contributed by atoms with E-state index in [0.717, 1.165) is 13.0 Å². The van der Waals surface area contributed by atoms with Gasteiger partial charge in [0.1, 0.15) is 13.2 Å². The number of ether oxygens (including phenoxy) is 9. The van der Waals surface area contributed by atoms with Crippen LogP contribution in [0.3, 0.4) is 0 Å². The first-order valence-corrected chi connectivity index (χ1v) is 13.2. The van der Waals surface area contributed by atoms with Gasteiger partial charge in [0.2, 0.25) is 5.91 Å². The molecule has 13 nitrogen and oxygen atoms in total. The quantitative estimate of drug-likeness (QED) is 0.114. The predicted octanol–water partition coefficient (Wildman–Crippen LogP) is 0.383. The molecule has 0 aromatic carbocycles. The maximum Gasteiger partial charge on any atom is 0.329 e. The predicted molar refractivity (Wildman–Crippen MR) is 137 cm³/mol. The summed E-state index contributed by atoms with van der Waals surface area (Å²) in [6, 6.07) is 0. The molecule has 0 saturated carbocycles. The minimum Gasteiger partial charge on any atom is -0.480 e. The number of carbonyl (C=O) groups is 2. The zero-order chi connectivity index (χ0) is 27.9. The molecule has 0 aliphatic rings. The molecule has 13 heteroatoms. The molecule has 226 valence electrons. The third-order valence-corrected chi connectivity index (χ3v) is 4.73. The van der Waals surface area contributed by atoms with Gasteiger partial charge in [0.25, 0.3) is 0 Å². The van der Waals surface area contributed by atoms with Crippen LogP contribution < -0.4 is 5.32 Å². The minimum atomic E-state index is -1.12. The molecule has 0 spiro atoms. The molecule has 0 aromatic heterocycles. The maximum absolute atomic E-state index is 11.3. The lowest BCUT2D eigenvalue weighted by Crippen LogP contribution is -2.31. The molecule has 1 atom stereocenters. The second-order valence-corrected chi connectivity index (χ2v) is 8.11. The number of amides is 1. The Morgan fingerprint density at radius 1 is 0.579 bits per heavy atom. The number of carboxylic acids is 1. The first-order valence-electron chi connectivity index (χ1n) is 13.2. The normalized spacial score (nSPS) is 12.1. The summed E-state index contributed by atoms with van der Waals surface area (Å²) < 4.78 is 48.0. The highest BCUT2D eigenvalue weighted by Crippen LogP contribution is 1.99. The van der Waals surface area contributed by atoms with E-state index in [1.807, 2.05) is 0 Å². The maximum atomic E-state index is 11.3. The van der Waals surface area contributed by atoms with Gasteiger partial charge in [0, 0.05) is 13.2 Å². The number of hydrogen-bond donors (Lipinski definition) is 2. The van der Waals surface area contributed by atoms with E-state index in [4.69, 9.17) is 43.0 Å². The van der Waals surface area contributed by atoms with Crippen LogP contribution >= 0.6 is 0 Å². The molecule has 0 aromatic rings. The summed E-state index contributed by atoms with van der Waals surface area (Å²) in [5, 5.41) is 10.9. The molecule has 2 N–H and O–H groups in total. The molecule has 38 heavy (non-hydrogen) atoms. The number of hydrogen-bond acceptors (Lipinski definition) is 11. The van der Waals surface area contributed by atoms with Gasteiger partial charge in [0.05, 0.1) is 99.1 Å². The summed E-state index contributed by atoms with van der Waals surface area (Å²) in [6.07, 6.45) is 1.12. The lowest BCUT2D eigenvalue weighted by molar-refractivity contribution is -0.143. The number of aliphatic carboxylic acids is 1. The Labute approximate surface area is 226 Å². The number of carbonyl (C=O) groups excluding carboxylic acids is 1. The van der Waals surface area contributed by atoms with E-state index in [9.17, 15) is 9.59 Å². The third-order valence-electron chi connectivity index (χ3n) is 4.73. The standard InChI is InChI=1S/C25H49NO12/c1-3-23(2)20-37-19-18-36-17-16-35-15-14-34-13-12-33-11-10-32-9-8-31-7-6-30-5-4-26-24(27)21-38-22-25(28)29/h23H,3-22H2,1-2H3,(H,26,27)(H,28,29). The molecule has 1 unspecified atom stereocenters. The molecule has 0 aliphatic heterocycles. The number of nitrogens with one attached hydrogen (secondary N) is 1. The van der Waals surface area contributed by atoms with Crippen LogP contribution in [0.1, 0.15) is 20.3 Å². The second kappa shape index (κ2) is 30.1. The second-order valence-electron chi connectivity index (χ2n) is 8.11. The Morgan fingerprint density at radius 2 is 0.947 bits per heavy atom. The van der Waals surface area contributed by atoms with Gasteiger partial charge in [0.15, 0.2) is 0 Å². The van der Waals surface area contributed by atoms with Crippen LogP contribution in [-0.4, -0.2) is 142 Å². The summed E-state index contributed by atoms with van der Waals surface area (Å²) in [4.78, 5) is 21.6. The first kappa shape index (κ1) is 36.6. The van der Waals surface area contributed by atoms with E-state index in [1.54, 1.807) is 0 Å². The molecule has 0 rings (SSSR count). The van der Waals surface area contributed by atoms with Crippen molar-refractivity contribution < 1.29 is 57.3 Å². The van der Waals surface area contributed by atoms with Crippen LogP contribution in [0.4, 0.5) is 0 Å². The van der Waals surface area contributed by atoms with Gasteiger partial charge in [-0.15, -0.1) is 0 Å². The van der Waals surface area contributed by atoms with Crippen molar-refractivity contribution >= 4 is 11.9 Å². The van der Waals surface area contributed by atoms with Crippen molar-refractivity contribution in [2.24, 2.45) is 5.92 Å². The average molecular weight is 556 g/mol. The Hall–Kier alpha value is -1.42. The first-order chi connectivity index (χ1) is 18.6. The van der Waals surface area contributed by atoms with Crippen molar-refractivity contribution in [3.8, 4) is 0 Å². The van der Waals surface area contributed by atoms with Gasteiger partial charge in [-0.1, -0.05) is 20.3 Å². The van der Waals surface area contributed by atoms with Gasteiger partial charge < -0.3 is 53.1 Å². The number of rotatable bonds is 31. The summed E-state index contributed by atoms with van der Waals surface area (Å²) in [5.41, 5.74) is 0. The Balaban J connectivity index is 3.10. The van der Waals surface area contributed by atoms with Crippen LogP contribution in [0.15, 0.2) is 0 Å². The SMILES string of the molecule is CCC(C)COCCOCCOCCOCCOCCOCCOCCOCCNC(=O)COCC(=O)O. The minimum absolute atomic E-state index is 0.295. The summed E-state index contributed by atoms with van der Waals surface area (Å²) >= 11 is 0. The monoisotopic (exact) mass is 555 g/mol. The van der Waals surface area contributed by atoms with E-state index < -0.39 is 18.5 Å². The van der Waals surface area contributed by atoms with Crippen molar-refractivity contribution in [1.29, 1.82) is 0 Å². The zero-order valence-corrected chi connectivity index (χ0v) is 23.2. The molecule has 0 aliphatic carbocycles. The van der Waals surface area contributed by atoms with E-state index in [1.165, 1.54) is 0 Å². The fourth-order valence-electron chi connectivity index (χ4n) is 2.49. The van der Waals surface area contributed by atoms with E-state index in [0.29, 0.717) is 112 Å². The highest BCUT2D eigenvalue weighted by atomic mass is 16.6. The van der Waals surface area contributed by atoms with Gasteiger partial charge in [-0.05, 0) is 5.92 Å². The van der Waals surface area contributed by atoms with Gasteiger partial charge in [-0.25, -0.2) is 4.79 Å². The molecule has 1 amide bonds. The molecule has 0 bridgehead atoms. The third kappa shape index (κ3) is 30.8. The molecular weight excluding hydrogens is 506 g/mol. The molecule has 0 saturated heterocycles. The van der Waals surface area contributed by atoms with Gasteiger partial charge >= 0.3 is 5.97 Å². The highest BCUT2D eigenvalue weighted by Gasteiger charge is 2.03. The van der Waals surface area contributed by atoms with Crippen molar-refractivity contribution in [3.63, 3.8) is 0 Å². The summed E-state index contributed by atoms with van der Waals surface area (Å²) in [5.74, 6) is -0.923. The van der Waals surface area contributed by atoms with Gasteiger partial charge in [-0.2, -0.15) is 0 Å². The van der Waals surface area contributed by atoms with Crippen molar-refractivity contribution in [3.05, 3.63) is 0 Å². The summed E-state index contributed by atoms with van der Waals surface area (Å²) in [7, 11) is 0. The van der Waals surface area contributed by atoms with E-state index >= 15 is 0 Å². The fraction of sp³-hybridized carbons (Fsp3) is 0.920. The van der Waals surface area contributed by atoms with Crippen molar-refractivity contribution in [2.45, 2.75) is 20.3 Å². The smallest absolute Gasteiger partial charge is 0.329 e. The van der Waals surface area contributed by atoms with Crippen LogP contribution in [0.2, 0.25) is 0 Å². The van der Waals surface area contributed by atoms with E-state index in [-0.39, 0.29) is 6.61 Å². The van der Waals surface area contributed by atoms with Crippen LogP contribution in [0.5, 0.6) is 0 Å². The van der Waals surface area contributed by atoms with Crippen LogP contribution in [0.25, 0.3) is 0 Å². The molecule has 0 radical (unpaired) electrons. The highest BCUT2D eigenvalue weighted by molar-refractivity contribution is 5.77. The Kier molecular flexibility index (Phi) is 29.0. The van der Waals surface area contributed by atoms with Crippen molar-refractivity contribution in [2.75, 3.05) is 125 Å². The molecular formula is C25H49NO12. The van der Waals surface area contributed by atoms with Crippen LogP contribution in [-0.2, 0) is 52.2 Å². The lowest BCUT2D eigenvalue weighted by atomic mass is 10.1. The Bertz CT molecular complexity index is 527. The summed E-state index contributed by atoms with van der Waals surface area (Å²) in [6.45, 7) is 11.9. The lowest BCUT2D eigenvalue weighted by Gasteiger charge is -2.10. The molecule has 0 heterocycles. The fourth-order valence-corrected chi connectivity index (χ4v) is 2.49. The average Bonchev–Trinajstić information content (AvgIpc) is 2.90. The zero-order valence-electron chi connectivity index (χ0n) is 23.2. The van der Waals surface area contributed by atoms with Gasteiger partial charge in [-0.3, -0.25) is 4.79 Å². The van der Waals surface area contributed by atoms with Crippen molar-refractivity contribution in [1.82, 2.24) is 5.32 Å². The largest absolute Gasteiger partial charge is 0.480 e. The topological polar surface area (TPSA) is 149 Å². The van der Waals surface area contributed by atoms with Crippen LogP contribution in [0, 0.1) is 5.92 Å². The van der Waals surface area contributed by atoms with E-state index in [2.05, 4.69) is 23.9 Å². The number of carboxylic acid groups (broad SMARTS) is 1. The Morgan fingerprint density at radius 3 is 1.32 bits per heavy atom. The molecule has 0 fully saturated rings.